The van der Waals surface area contributed by atoms with Gasteiger partial charge in [-0.3, -0.25) is 0 Å². The van der Waals surface area contributed by atoms with Crippen LogP contribution < -0.4 is 0 Å². The zero-order valence-electron chi connectivity index (χ0n) is 10.3. The van der Waals surface area contributed by atoms with Crippen molar-refractivity contribution in [3.8, 4) is 0 Å². The summed E-state index contributed by atoms with van der Waals surface area (Å²) in [7, 11) is 4.63. The van der Waals surface area contributed by atoms with Gasteiger partial charge in [0.15, 0.2) is 0 Å². The van der Waals surface area contributed by atoms with Gasteiger partial charge in [-0.25, -0.2) is 4.90 Å². The molecule has 0 unspecified atom stereocenters. The van der Waals surface area contributed by atoms with Gasteiger partial charge in [0.2, 0.25) is 0 Å². The van der Waals surface area contributed by atoms with Gasteiger partial charge in [0, 0.05) is 5.54 Å². The third-order valence-electron chi connectivity index (χ3n) is 2.88. The molecule has 0 aromatic rings. The van der Waals surface area contributed by atoms with Crippen LogP contribution in [0, 0.1) is 0 Å². The minimum absolute atomic E-state index is 0.287. The van der Waals surface area contributed by atoms with Gasteiger partial charge in [0.05, 0.1) is 26.2 Å². The van der Waals surface area contributed by atoms with E-state index in [-0.39, 0.29) is 5.54 Å². The molecular weight excluding hydrogens is 160 g/mol. The molecule has 1 rings (SSSR count). The fourth-order valence-corrected chi connectivity index (χ4v) is 2.88. The maximum atomic E-state index is 2.61. The van der Waals surface area contributed by atoms with E-state index in [9.17, 15) is 0 Å². The molecule has 0 aromatic heterocycles. The summed E-state index contributed by atoms with van der Waals surface area (Å²) >= 11 is 0. The summed E-state index contributed by atoms with van der Waals surface area (Å²) in [5.74, 6) is 0. The van der Waals surface area contributed by atoms with E-state index in [1.54, 1.807) is 0 Å². The third kappa shape index (κ3) is 2.23. The Balaban J connectivity index is 2.89. The van der Waals surface area contributed by atoms with Crippen LogP contribution in [0.2, 0.25) is 0 Å². The van der Waals surface area contributed by atoms with E-state index in [2.05, 4.69) is 53.6 Å². The molecule has 1 aliphatic heterocycles. The average molecular weight is 185 g/mol. The standard InChI is InChI=1S/C11H25N2/c1-10(2,3)12-9-13(6,7)8-11(12,4)5/h8-9H2,1-7H3/q+1. The zero-order chi connectivity index (χ0) is 10.5. The van der Waals surface area contributed by atoms with Crippen molar-refractivity contribution in [3.63, 3.8) is 0 Å². The van der Waals surface area contributed by atoms with Crippen molar-refractivity contribution < 1.29 is 4.48 Å². The molecule has 0 radical (unpaired) electrons. The maximum absolute atomic E-state index is 2.61. The van der Waals surface area contributed by atoms with E-state index < -0.39 is 0 Å². The highest BCUT2D eigenvalue weighted by Gasteiger charge is 2.48. The van der Waals surface area contributed by atoms with E-state index in [1.165, 1.54) is 6.54 Å². The van der Waals surface area contributed by atoms with Gasteiger partial charge >= 0.3 is 0 Å². The fraction of sp³-hybridized carbons (Fsp3) is 1.00. The van der Waals surface area contributed by atoms with Crippen LogP contribution >= 0.6 is 0 Å². The minimum Gasteiger partial charge on any atom is -0.314 e. The second-order valence-corrected chi connectivity index (χ2v) is 6.65. The van der Waals surface area contributed by atoms with Gasteiger partial charge in [0.1, 0.15) is 6.67 Å². The van der Waals surface area contributed by atoms with Crippen molar-refractivity contribution in [2.75, 3.05) is 27.3 Å². The SMILES string of the molecule is CC(C)(C)N1C[N+](C)(C)CC1(C)C. The lowest BCUT2D eigenvalue weighted by Crippen LogP contribution is -2.51. The lowest BCUT2D eigenvalue weighted by molar-refractivity contribution is -0.884. The average Bonchev–Trinajstić information content (AvgIpc) is 1.97. The fourth-order valence-electron chi connectivity index (χ4n) is 2.88. The molecule has 0 bridgehead atoms. The first-order valence-electron chi connectivity index (χ1n) is 5.14. The molecule has 0 aliphatic carbocycles. The van der Waals surface area contributed by atoms with Gasteiger partial charge in [-0.15, -0.1) is 0 Å². The summed E-state index contributed by atoms with van der Waals surface area (Å²) in [5.41, 5.74) is 0.622. The first-order chi connectivity index (χ1) is 5.55. The lowest BCUT2D eigenvalue weighted by Gasteiger charge is -2.38. The van der Waals surface area contributed by atoms with E-state index in [0.29, 0.717) is 5.54 Å². The smallest absolute Gasteiger partial charge is 0.135 e. The molecule has 0 saturated carbocycles. The summed E-state index contributed by atoms with van der Waals surface area (Å²) in [4.78, 5) is 2.61. The number of nitrogens with zero attached hydrogens (tertiary/aromatic N) is 2. The molecule has 1 fully saturated rings. The Labute approximate surface area is 83.1 Å². The van der Waals surface area contributed by atoms with Crippen molar-refractivity contribution >= 4 is 0 Å². The Hall–Kier alpha value is -0.0800. The van der Waals surface area contributed by atoms with Gasteiger partial charge in [-0.1, -0.05) is 0 Å². The van der Waals surface area contributed by atoms with Crippen LogP contribution in [-0.2, 0) is 0 Å². The molecule has 0 aromatic carbocycles. The number of rotatable bonds is 0. The monoisotopic (exact) mass is 185 g/mol. The van der Waals surface area contributed by atoms with Crippen LogP contribution in [0.3, 0.4) is 0 Å². The molecule has 0 amide bonds. The predicted octanol–water partition coefficient (Wildman–Crippen LogP) is 1.91. The van der Waals surface area contributed by atoms with Gasteiger partial charge in [-0.05, 0) is 34.6 Å². The molecule has 2 nitrogen and oxygen atoms in total. The first kappa shape index (κ1) is 11.0. The highest BCUT2D eigenvalue weighted by Crippen LogP contribution is 2.33. The second-order valence-electron chi connectivity index (χ2n) is 6.65. The molecule has 0 spiro atoms. The highest BCUT2D eigenvalue weighted by atomic mass is 15.5. The minimum atomic E-state index is 0.287. The largest absolute Gasteiger partial charge is 0.314 e. The Morgan fingerprint density at radius 3 is 1.77 bits per heavy atom. The summed E-state index contributed by atoms with van der Waals surface area (Å²) < 4.78 is 1.12. The van der Waals surface area contributed by atoms with Gasteiger partial charge in [-0.2, -0.15) is 0 Å². The molecule has 1 heterocycles. The topological polar surface area (TPSA) is 3.24 Å². The molecule has 1 saturated heterocycles. The van der Waals surface area contributed by atoms with Crippen LogP contribution in [0.5, 0.6) is 0 Å². The molecule has 13 heavy (non-hydrogen) atoms. The van der Waals surface area contributed by atoms with Crippen molar-refractivity contribution in [2.24, 2.45) is 0 Å². The zero-order valence-corrected chi connectivity index (χ0v) is 10.3. The number of likely N-dealkylation sites (N-methyl/N-ethyl adjacent to an activating group) is 1. The summed E-state index contributed by atoms with van der Waals surface area (Å²) in [5, 5.41) is 0. The van der Waals surface area contributed by atoms with E-state index in [0.717, 1.165) is 11.2 Å². The summed E-state index contributed by atoms with van der Waals surface area (Å²) in [6.45, 7) is 14.0. The second kappa shape index (κ2) is 2.71. The molecule has 0 N–H and O–H groups in total. The van der Waals surface area contributed by atoms with E-state index >= 15 is 0 Å². The Bertz CT molecular complexity index is 199. The number of hydrogen-bond donors (Lipinski definition) is 0. The van der Waals surface area contributed by atoms with E-state index in [4.69, 9.17) is 0 Å². The third-order valence-corrected chi connectivity index (χ3v) is 2.88. The normalized spacial score (nSPS) is 27.9. The van der Waals surface area contributed by atoms with Crippen LogP contribution in [0.25, 0.3) is 0 Å². The predicted molar refractivity (Wildman–Crippen MR) is 57.5 cm³/mol. The Kier molecular flexibility index (Phi) is 2.29. The molecule has 2 heteroatoms. The van der Waals surface area contributed by atoms with E-state index in [1.807, 2.05) is 0 Å². The summed E-state index contributed by atoms with van der Waals surface area (Å²) in [6, 6.07) is 0. The van der Waals surface area contributed by atoms with Crippen LogP contribution in [0.15, 0.2) is 0 Å². The molecular formula is C11H25N2+. The van der Waals surface area contributed by atoms with Crippen molar-refractivity contribution in [3.05, 3.63) is 0 Å². The Morgan fingerprint density at radius 2 is 1.62 bits per heavy atom. The number of hydrogen-bond acceptors (Lipinski definition) is 1. The molecule has 0 atom stereocenters. The maximum Gasteiger partial charge on any atom is 0.135 e. The van der Waals surface area contributed by atoms with Crippen LogP contribution in [0.1, 0.15) is 34.6 Å². The van der Waals surface area contributed by atoms with Crippen molar-refractivity contribution in [2.45, 2.75) is 45.7 Å². The molecule has 78 valence electrons. The highest BCUT2D eigenvalue weighted by molar-refractivity contribution is 4.91. The molecule has 1 aliphatic rings. The quantitative estimate of drug-likeness (QED) is 0.521. The van der Waals surface area contributed by atoms with Gasteiger partial charge in [0.25, 0.3) is 0 Å². The summed E-state index contributed by atoms with van der Waals surface area (Å²) in [6.07, 6.45) is 0. The first-order valence-corrected chi connectivity index (χ1v) is 5.14. The van der Waals surface area contributed by atoms with Crippen molar-refractivity contribution in [1.29, 1.82) is 0 Å². The van der Waals surface area contributed by atoms with Crippen LogP contribution in [-0.4, -0.2) is 47.8 Å². The number of quaternary nitrogens is 1. The van der Waals surface area contributed by atoms with Gasteiger partial charge < -0.3 is 4.48 Å². The Morgan fingerprint density at radius 1 is 1.15 bits per heavy atom. The van der Waals surface area contributed by atoms with Crippen molar-refractivity contribution in [1.82, 2.24) is 4.90 Å². The van der Waals surface area contributed by atoms with Crippen LogP contribution in [0.4, 0.5) is 0 Å². The lowest BCUT2D eigenvalue weighted by atomic mass is 9.97.